The lowest BCUT2D eigenvalue weighted by atomic mass is 10.2. The lowest BCUT2D eigenvalue weighted by Gasteiger charge is -2.15. The molecule has 0 unspecified atom stereocenters. The number of pyridine rings is 1. The third kappa shape index (κ3) is 2.03. The largest absolute Gasteiger partial charge is 0.385 e. The van der Waals surface area contributed by atoms with E-state index in [0.717, 1.165) is 22.4 Å². The van der Waals surface area contributed by atoms with Gasteiger partial charge in [0.05, 0.1) is 28.8 Å². The van der Waals surface area contributed by atoms with Gasteiger partial charge in [0.15, 0.2) is 0 Å². The standard InChI is InChI=1S/C17H16N4O2/c1-10(22)16-19-13-8-11(5-6-15(13)20(16)2)21-9-14-12(17(21)23)4-3-7-18-14/h3-8,10,22H,9H2,1-2H3/t10-/m0/s1. The maximum atomic E-state index is 12.5. The highest BCUT2D eigenvalue weighted by Crippen LogP contribution is 2.30. The number of hydrogen-bond donors (Lipinski definition) is 1. The number of rotatable bonds is 2. The zero-order valence-corrected chi connectivity index (χ0v) is 12.9. The second-order valence-corrected chi connectivity index (χ2v) is 5.77. The van der Waals surface area contributed by atoms with Crippen LogP contribution in [0.2, 0.25) is 0 Å². The zero-order valence-electron chi connectivity index (χ0n) is 12.9. The molecule has 0 spiro atoms. The Hall–Kier alpha value is -2.73. The smallest absolute Gasteiger partial charge is 0.260 e. The van der Waals surface area contributed by atoms with Crippen LogP contribution < -0.4 is 4.90 Å². The van der Waals surface area contributed by atoms with E-state index in [1.54, 1.807) is 30.2 Å². The fourth-order valence-corrected chi connectivity index (χ4v) is 3.08. The molecule has 0 bridgehead atoms. The van der Waals surface area contributed by atoms with Crippen LogP contribution in [-0.4, -0.2) is 25.5 Å². The first-order valence-corrected chi connectivity index (χ1v) is 7.46. The molecule has 23 heavy (non-hydrogen) atoms. The molecule has 1 aliphatic rings. The van der Waals surface area contributed by atoms with Crippen LogP contribution in [-0.2, 0) is 13.6 Å². The van der Waals surface area contributed by atoms with Crippen LogP contribution in [0.4, 0.5) is 5.69 Å². The number of imidazole rings is 1. The number of nitrogens with zero attached hydrogens (tertiary/aromatic N) is 4. The highest BCUT2D eigenvalue weighted by atomic mass is 16.3. The molecule has 4 rings (SSSR count). The lowest BCUT2D eigenvalue weighted by Crippen LogP contribution is -2.22. The van der Waals surface area contributed by atoms with Crippen molar-refractivity contribution >= 4 is 22.6 Å². The quantitative estimate of drug-likeness (QED) is 0.787. The summed E-state index contributed by atoms with van der Waals surface area (Å²) in [6.07, 6.45) is 1.06. The molecule has 6 heteroatoms. The summed E-state index contributed by atoms with van der Waals surface area (Å²) in [5, 5.41) is 9.79. The average Bonchev–Trinajstić information content (AvgIpc) is 3.06. The first-order valence-electron chi connectivity index (χ1n) is 7.46. The molecule has 1 aromatic carbocycles. The molecule has 0 aliphatic carbocycles. The molecular formula is C17H16N4O2. The van der Waals surface area contributed by atoms with E-state index in [-0.39, 0.29) is 5.91 Å². The minimum atomic E-state index is -0.641. The molecule has 3 heterocycles. The number of carbonyl (C=O) groups excluding carboxylic acids is 1. The van der Waals surface area contributed by atoms with Crippen molar-refractivity contribution < 1.29 is 9.90 Å². The van der Waals surface area contributed by atoms with E-state index < -0.39 is 6.10 Å². The zero-order chi connectivity index (χ0) is 16.1. The second kappa shape index (κ2) is 4.89. The highest BCUT2D eigenvalue weighted by molar-refractivity contribution is 6.10. The number of benzene rings is 1. The van der Waals surface area contributed by atoms with Crippen molar-refractivity contribution in [3.05, 3.63) is 53.6 Å². The molecular weight excluding hydrogens is 292 g/mol. The number of aliphatic hydroxyl groups is 1. The topological polar surface area (TPSA) is 71.2 Å². The molecule has 116 valence electrons. The summed E-state index contributed by atoms with van der Waals surface area (Å²) in [5.41, 5.74) is 3.92. The van der Waals surface area contributed by atoms with E-state index in [0.29, 0.717) is 17.9 Å². The van der Waals surface area contributed by atoms with Gasteiger partial charge in [-0.2, -0.15) is 0 Å². The Labute approximate surface area is 133 Å². The lowest BCUT2D eigenvalue weighted by molar-refractivity contribution is 0.0996. The van der Waals surface area contributed by atoms with E-state index in [4.69, 9.17) is 0 Å². The van der Waals surface area contributed by atoms with E-state index in [1.807, 2.05) is 29.8 Å². The monoisotopic (exact) mass is 308 g/mol. The molecule has 0 fully saturated rings. The van der Waals surface area contributed by atoms with Crippen molar-refractivity contribution in [2.45, 2.75) is 19.6 Å². The Balaban J connectivity index is 1.78. The van der Waals surface area contributed by atoms with Crippen LogP contribution in [0.15, 0.2) is 36.5 Å². The number of hydrogen-bond acceptors (Lipinski definition) is 4. The highest BCUT2D eigenvalue weighted by Gasteiger charge is 2.29. The number of aromatic nitrogens is 3. The van der Waals surface area contributed by atoms with Gasteiger partial charge in [0, 0.05) is 18.9 Å². The van der Waals surface area contributed by atoms with Gasteiger partial charge in [-0.15, -0.1) is 0 Å². The van der Waals surface area contributed by atoms with Crippen molar-refractivity contribution in [3.8, 4) is 0 Å². The summed E-state index contributed by atoms with van der Waals surface area (Å²) in [4.78, 5) is 23.0. The predicted molar refractivity (Wildman–Crippen MR) is 86.1 cm³/mol. The van der Waals surface area contributed by atoms with E-state index in [1.165, 1.54) is 0 Å². The SMILES string of the molecule is C[C@H](O)c1nc2cc(N3Cc4ncccc4C3=O)ccc2n1C. The summed E-state index contributed by atoms with van der Waals surface area (Å²) in [7, 11) is 1.87. The fourth-order valence-electron chi connectivity index (χ4n) is 3.08. The van der Waals surface area contributed by atoms with Crippen LogP contribution >= 0.6 is 0 Å². The Morgan fingerprint density at radius 2 is 2.13 bits per heavy atom. The van der Waals surface area contributed by atoms with Gasteiger partial charge in [-0.3, -0.25) is 9.78 Å². The third-order valence-corrected chi connectivity index (χ3v) is 4.26. The molecule has 1 N–H and O–H groups in total. The number of amides is 1. The Morgan fingerprint density at radius 3 is 2.87 bits per heavy atom. The van der Waals surface area contributed by atoms with Gasteiger partial charge in [-0.1, -0.05) is 0 Å². The van der Waals surface area contributed by atoms with Crippen molar-refractivity contribution in [1.82, 2.24) is 14.5 Å². The molecule has 1 aliphatic heterocycles. The Kier molecular flexibility index (Phi) is 2.96. The maximum absolute atomic E-state index is 12.5. The van der Waals surface area contributed by atoms with Gasteiger partial charge < -0.3 is 14.6 Å². The van der Waals surface area contributed by atoms with Crippen molar-refractivity contribution in [2.24, 2.45) is 7.05 Å². The van der Waals surface area contributed by atoms with E-state index in [9.17, 15) is 9.90 Å². The van der Waals surface area contributed by atoms with Crippen LogP contribution in [0.1, 0.15) is 34.9 Å². The average molecular weight is 308 g/mol. The molecule has 3 aromatic rings. The summed E-state index contributed by atoms with van der Waals surface area (Å²) in [5.74, 6) is 0.564. The van der Waals surface area contributed by atoms with Crippen molar-refractivity contribution in [1.29, 1.82) is 0 Å². The van der Waals surface area contributed by atoms with Crippen molar-refractivity contribution in [3.63, 3.8) is 0 Å². The fraction of sp³-hybridized carbons (Fsp3) is 0.235. The van der Waals surface area contributed by atoms with Crippen molar-refractivity contribution in [2.75, 3.05) is 4.90 Å². The summed E-state index contributed by atoms with van der Waals surface area (Å²) in [6, 6.07) is 9.28. The number of carbonyl (C=O) groups is 1. The molecule has 0 radical (unpaired) electrons. The second-order valence-electron chi connectivity index (χ2n) is 5.77. The van der Waals surface area contributed by atoms with Gasteiger partial charge in [-0.05, 0) is 37.3 Å². The maximum Gasteiger partial charge on any atom is 0.260 e. The van der Waals surface area contributed by atoms with Crippen LogP contribution in [0, 0.1) is 0 Å². The number of anilines is 1. The van der Waals surface area contributed by atoms with E-state index in [2.05, 4.69) is 9.97 Å². The van der Waals surface area contributed by atoms with Crippen LogP contribution in [0.3, 0.4) is 0 Å². The first-order chi connectivity index (χ1) is 11.1. The van der Waals surface area contributed by atoms with Gasteiger partial charge in [0.25, 0.3) is 5.91 Å². The molecule has 6 nitrogen and oxygen atoms in total. The number of aliphatic hydroxyl groups excluding tert-OH is 1. The van der Waals surface area contributed by atoms with Gasteiger partial charge in [0.1, 0.15) is 11.9 Å². The predicted octanol–water partition coefficient (Wildman–Crippen LogP) is 2.18. The summed E-state index contributed by atoms with van der Waals surface area (Å²) >= 11 is 0. The molecule has 1 atom stereocenters. The van der Waals surface area contributed by atoms with Crippen LogP contribution in [0.25, 0.3) is 11.0 Å². The molecule has 0 saturated carbocycles. The van der Waals surface area contributed by atoms with E-state index >= 15 is 0 Å². The molecule has 1 amide bonds. The van der Waals surface area contributed by atoms with Gasteiger partial charge in [0.2, 0.25) is 0 Å². The van der Waals surface area contributed by atoms with Gasteiger partial charge in [-0.25, -0.2) is 4.98 Å². The molecule has 0 saturated heterocycles. The minimum absolute atomic E-state index is 0.0425. The number of fused-ring (bicyclic) bond motifs is 2. The number of aryl methyl sites for hydroxylation is 1. The van der Waals surface area contributed by atoms with Crippen LogP contribution in [0.5, 0.6) is 0 Å². The minimum Gasteiger partial charge on any atom is -0.385 e. The Bertz CT molecular complexity index is 929. The third-order valence-electron chi connectivity index (χ3n) is 4.26. The van der Waals surface area contributed by atoms with Gasteiger partial charge >= 0.3 is 0 Å². The first kappa shape index (κ1) is 13.9. The normalized spacial score (nSPS) is 15.3. The molecule has 2 aromatic heterocycles. The Morgan fingerprint density at radius 1 is 1.30 bits per heavy atom. The summed E-state index contributed by atoms with van der Waals surface area (Å²) in [6.45, 7) is 2.16. The summed E-state index contributed by atoms with van der Waals surface area (Å²) < 4.78 is 1.87.